The Morgan fingerprint density at radius 1 is 1.36 bits per heavy atom. The molecule has 2 nitrogen and oxygen atoms in total. The summed E-state index contributed by atoms with van der Waals surface area (Å²) in [6.07, 6.45) is 7.46. The molecule has 1 fully saturated rings. The first-order valence-electron chi connectivity index (χ1n) is 5.82. The van der Waals surface area contributed by atoms with Crippen LogP contribution in [0.4, 0.5) is 0 Å². The molecule has 0 amide bonds. The van der Waals surface area contributed by atoms with Gasteiger partial charge in [0.15, 0.2) is 0 Å². The molecule has 0 aromatic heterocycles. The van der Waals surface area contributed by atoms with Crippen LogP contribution in [0.3, 0.4) is 0 Å². The minimum absolute atomic E-state index is 0.306. The van der Waals surface area contributed by atoms with Crippen molar-refractivity contribution >= 4 is 5.78 Å². The minimum Gasteiger partial charge on any atom is -0.300 e. The van der Waals surface area contributed by atoms with Crippen molar-refractivity contribution < 1.29 is 4.79 Å². The fourth-order valence-electron chi connectivity index (χ4n) is 2.41. The van der Waals surface area contributed by atoms with E-state index >= 15 is 0 Å². The third-order valence-corrected chi connectivity index (χ3v) is 3.43. The molecule has 0 heterocycles. The van der Waals surface area contributed by atoms with Crippen molar-refractivity contribution in [1.82, 2.24) is 4.90 Å². The highest BCUT2D eigenvalue weighted by molar-refractivity contribution is 5.76. The van der Waals surface area contributed by atoms with Gasteiger partial charge in [-0.1, -0.05) is 19.3 Å². The number of carbonyl (C=O) groups excluding carboxylic acids is 1. The first-order chi connectivity index (χ1) is 6.61. The normalized spacial score (nSPS) is 21.1. The van der Waals surface area contributed by atoms with E-state index in [2.05, 4.69) is 18.9 Å². The summed E-state index contributed by atoms with van der Waals surface area (Å²) in [6.45, 7) is 3.85. The zero-order chi connectivity index (χ0) is 10.6. The standard InChI is InChI=1S/C12H23NO/c1-10(9-11(2)14)13(3)12-7-5-4-6-8-12/h10,12H,4-9H2,1-3H3. The van der Waals surface area contributed by atoms with Gasteiger partial charge < -0.3 is 4.90 Å². The summed E-state index contributed by atoms with van der Waals surface area (Å²) < 4.78 is 0. The van der Waals surface area contributed by atoms with Crippen LogP contribution < -0.4 is 0 Å². The lowest BCUT2D eigenvalue weighted by Gasteiger charge is -2.35. The molecular weight excluding hydrogens is 174 g/mol. The highest BCUT2D eigenvalue weighted by atomic mass is 16.1. The molecule has 1 atom stereocenters. The fraction of sp³-hybridized carbons (Fsp3) is 0.917. The van der Waals surface area contributed by atoms with E-state index in [1.165, 1.54) is 32.1 Å². The number of carbonyl (C=O) groups is 1. The van der Waals surface area contributed by atoms with Crippen molar-refractivity contribution in [3.63, 3.8) is 0 Å². The van der Waals surface area contributed by atoms with Gasteiger partial charge in [-0.3, -0.25) is 4.79 Å². The van der Waals surface area contributed by atoms with Gasteiger partial charge in [-0.25, -0.2) is 0 Å². The highest BCUT2D eigenvalue weighted by Crippen LogP contribution is 2.23. The summed E-state index contributed by atoms with van der Waals surface area (Å²) in [7, 11) is 2.17. The molecule has 1 aliphatic rings. The molecule has 0 aliphatic heterocycles. The maximum atomic E-state index is 11.0. The molecule has 2 heteroatoms. The minimum atomic E-state index is 0.306. The van der Waals surface area contributed by atoms with Gasteiger partial charge in [0.2, 0.25) is 0 Å². The smallest absolute Gasteiger partial charge is 0.131 e. The van der Waals surface area contributed by atoms with E-state index < -0.39 is 0 Å². The first-order valence-corrected chi connectivity index (χ1v) is 5.82. The third kappa shape index (κ3) is 3.41. The Bertz CT molecular complexity index is 185. The first kappa shape index (κ1) is 11.7. The van der Waals surface area contributed by atoms with Crippen molar-refractivity contribution in [2.24, 2.45) is 0 Å². The van der Waals surface area contributed by atoms with Gasteiger partial charge >= 0.3 is 0 Å². The molecular formula is C12H23NO. The molecule has 0 aromatic carbocycles. The number of nitrogens with zero attached hydrogens (tertiary/aromatic N) is 1. The summed E-state index contributed by atoms with van der Waals surface area (Å²) in [6, 6.07) is 1.13. The molecule has 1 saturated carbocycles. The third-order valence-electron chi connectivity index (χ3n) is 3.43. The van der Waals surface area contributed by atoms with Crippen LogP contribution in [-0.4, -0.2) is 29.8 Å². The Morgan fingerprint density at radius 3 is 2.43 bits per heavy atom. The van der Waals surface area contributed by atoms with E-state index in [4.69, 9.17) is 0 Å². The SMILES string of the molecule is CC(=O)CC(C)N(C)C1CCCCC1. The maximum Gasteiger partial charge on any atom is 0.131 e. The Kier molecular flexibility index (Phi) is 4.59. The predicted octanol–water partition coefficient (Wildman–Crippen LogP) is 2.62. The van der Waals surface area contributed by atoms with Crippen LogP contribution in [0.1, 0.15) is 52.4 Å². The van der Waals surface area contributed by atoms with Crippen LogP contribution in [0, 0.1) is 0 Å². The van der Waals surface area contributed by atoms with Gasteiger partial charge in [-0.05, 0) is 33.7 Å². The van der Waals surface area contributed by atoms with Crippen LogP contribution in [0.15, 0.2) is 0 Å². The average molecular weight is 197 g/mol. The molecule has 0 bridgehead atoms. The average Bonchev–Trinajstić information content (AvgIpc) is 2.17. The lowest BCUT2D eigenvalue weighted by atomic mass is 9.93. The molecule has 0 saturated heterocycles. The maximum absolute atomic E-state index is 11.0. The van der Waals surface area contributed by atoms with E-state index in [0.717, 1.165) is 6.04 Å². The monoisotopic (exact) mass is 197 g/mol. The van der Waals surface area contributed by atoms with Gasteiger partial charge in [-0.15, -0.1) is 0 Å². The van der Waals surface area contributed by atoms with E-state index in [0.29, 0.717) is 18.2 Å². The van der Waals surface area contributed by atoms with Gasteiger partial charge in [0.25, 0.3) is 0 Å². The Morgan fingerprint density at radius 2 is 1.93 bits per heavy atom. The van der Waals surface area contributed by atoms with Crippen molar-refractivity contribution in [3.05, 3.63) is 0 Å². The summed E-state index contributed by atoms with van der Waals surface area (Å²) in [5, 5.41) is 0. The van der Waals surface area contributed by atoms with Crippen LogP contribution in [0.25, 0.3) is 0 Å². The van der Waals surface area contributed by atoms with Crippen molar-refractivity contribution in [3.8, 4) is 0 Å². The number of ketones is 1. The Balaban J connectivity index is 2.37. The zero-order valence-corrected chi connectivity index (χ0v) is 9.75. The second kappa shape index (κ2) is 5.50. The van der Waals surface area contributed by atoms with Gasteiger partial charge in [0, 0.05) is 18.5 Å². The highest BCUT2D eigenvalue weighted by Gasteiger charge is 2.22. The van der Waals surface area contributed by atoms with E-state index in [-0.39, 0.29) is 0 Å². The van der Waals surface area contributed by atoms with E-state index in [1.54, 1.807) is 6.92 Å². The summed E-state index contributed by atoms with van der Waals surface area (Å²) in [4.78, 5) is 13.4. The second-order valence-corrected chi connectivity index (χ2v) is 4.71. The van der Waals surface area contributed by atoms with Crippen LogP contribution in [-0.2, 0) is 4.79 Å². The quantitative estimate of drug-likeness (QED) is 0.690. The van der Waals surface area contributed by atoms with Crippen molar-refractivity contribution in [2.45, 2.75) is 64.5 Å². The molecule has 0 aromatic rings. The molecule has 0 spiro atoms. The second-order valence-electron chi connectivity index (χ2n) is 4.71. The van der Waals surface area contributed by atoms with Gasteiger partial charge in [-0.2, -0.15) is 0 Å². The van der Waals surface area contributed by atoms with Gasteiger partial charge in [0.1, 0.15) is 5.78 Å². The summed E-state index contributed by atoms with van der Waals surface area (Å²) in [5.74, 6) is 0.306. The summed E-state index contributed by atoms with van der Waals surface area (Å²) in [5.41, 5.74) is 0. The Labute approximate surface area is 87.7 Å². The lowest BCUT2D eigenvalue weighted by molar-refractivity contribution is -0.118. The fourth-order valence-corrected chi connectivity index (χ4v) is 2.41. The van der Waals surface area contributed by atoms with Crippen molar-refractivity contribution in [1.29, 1.82) is 0 Å². The molecule has 14 heavy (non-hydrogen) atoms. The van der Waals surface area contributed by atoms with Crippen LogP contribution in [0.2, 0.25) is 0 Å². The molecule has 0 radical (unpaired) electrons. The van der Waals surface area contributed by atoms with E-state index in [1.807, 2.05) is 0 Å². The summed E-state index contributed by atoms with van der Waals surface area (Å²) >= 11 is 0. The number of rotatable bonds is 4. The van der Waals surface area contributed by atoms with Crippen molar-refractivity contribution in [2.75, 3.05) is 7.05 Å². The van der Waals surface area contributed by atoms with Crippen LogP contribution in [0.5, 0.6) is 0 Å². The lowest BCUT2D eigenvalue weighted by Crippen LogP contribution is -2.40. The zero-order valence-electron chi connectivity index (χ0n) is 9.75. The number of hydrogen-bond donors (Lipinski definition) is 0. The number of Topliss-reactive ketones (excluding diaryl/α,β-unsaturated/α-hetero) is 1. The molecule has 0 N–H and O–H groups in total. The van der Waals surface area contributed by atoms with E-state index in [9.17, 15) is 4.79 Å². The Hall–Kier alpha value is -0.370. The largest absolute Gasteiger partial charge is 0.300 e. The van der Waals surface area contributed by atoms with Crippen LogP contribution >= 0.6 is 0 Å². The van der Waals surface area contributed by atoms with Gasteiger partial charge in [0.05, 0.1) is 0 Å². The molecule has 1 unspecified atom stereocenters. The number of hydrogen-bond acceptors (Lipinski definition) is 2. The molecule has 82 valence electrons. The topological polar surface area (TPSA) is 20.3 Å². The molecule has 1 aliphatic carbocycles. The predicted molar refractivity (Wildman–Crippen MR) is 59.4 cm³/mol. The molecule has 1 rings (SSSR count).